The standard InChI is InChI=1S/C23H25ClN4O5/c1-5-32-17-11-14(10-16(21(17)29)28(3,30)31-4)18-12(2)22(25)33-23-19(18)20(26-27-23)13-6-8-15(24)9-7-13/h6-11,18,29H,5,25H2,1-4H3,(H,26,27). The van der Waals surface area contributed by atoms with Gasteiger partial charge in [-0.3, -0.25) is 5.10 Å². The van der Waals surface area contributed by atoms with Gasteiger partial charge in [-0.15, -0.1) is 5.10 Å². The van der Waals surface area contributed by atoms with Crippen molar-refractivity contribution >= 4 is 17.3 Å². The number of nitrogens with zero attached hydrogens (tertiary/aromatic N) is 2. The summed E-state index contributed by atoms with van der Waals surface area (Å²) < 4.78 is 11.4. The first-order valence-electron chi connectivity index (χ1n) is 10.3. The van der Waals surface area contributed by atoms with Gasteiger partial charge < -0.3 is 25.5 Å². The number of phenols is 1. The summed E-state index contributed by atoms with van der Waals surface area (Å²) in [6.45, 7) is 3.93. The zero-order valence-corrected chi connectivity index (χ0v) is 19.4. The Morgan fingerprint density at radius 1 is 1.30 bits per heavy atom. The molecule has 33 heavy (non-hydrogen) atoms. The predicted octanol–water partition coefficient (Wildman–Crippen LogP) is 4.55. The van der Waals surface area contributed by atoms with Crippen molar-refractivity contribution in [2.75, 3.05) is 20.8 Å². The average molecular weight is 473 g/mol. The third kappa shape index (κ3) is 4.00. The van der Waals surface area contributed by atoms with E-state index >= 15 is 0 Å². The molecule has 0 spiro atoms. The molecule has 2 atom stereocenters. The van der Waals surface area contributed by atoms with E-state index in [4.69, 9.17) is 31.6 Å². The molecule has 0 radical (unpaired) electrons. The number of rotatable bonds is 6. The lowest BCUT2D eigenvalue weighted by Crippen LogP contribution is -2.37. The SMILES string of the molecule is CCOc1cc(C2C(C)=C(N)Oc3n[nH]c(-c4ccc(Cl)cc4)c32)cc([N+](C)([O-])OC)c1O. The van der Waals surface area contributed by atoms with E-state index in [1.165, 1.54) is 14.2 Å². The third-order valence-corrected chi connectivity index (χ3v) is 5.97. The molecule has 3 aromatic rings. The Kier molecular flexibility index (Phi) is 5.98. The second kappa shape index (κ2) is 8.60. The molecule has 0 fully saturated rings. The van der Waals surface area contributed by atoms with Crippen LogP contribution in [-0.2, 0) is 4.84 Å². The number of hydroxylamine groups is 2. The first-order valence-corrected chi connectivity index (χ1v) is 10.7. The Morgan fingerprint density at radius 3 is 2.64 bits per heavy atom. The second-order valence-corrected chi connectivity index (χ2v) is 8.19. The van der Waals surface area contributed by atoms with E-state index < -0.39 is 10.7 Å². The summed E-state index contributed by atoms with van der Waals surface area (Å²) in [6.07, 6.45) is 0. The van der Waals surface area contributed by atoms with Crippen molar-refractivity contribution in [3.63, 3.8) is 0 Å². The fourth-order valence-corrected chi connectivity index (χ4v) is 4.06. The highest BCUT2D eigenvalue weighted by Crippen LogP contribution is 2.49. The minimum Gasteiger partial charge on any atom is -0.593 e. The molecule has 174 valence electrons. The van der Waals surface area contributed by atoms with Gasteiger partial charge in [-0.1, -0.05) is 23.7 Å². The Bertz CT molecular complexity index is 1220. The van der Waals surface area contributed by atoms with Gasteiger partial charge >= 0.3 is 0 Å². The number of hydrogen-bond donors (Lipinski definition) is 3. The summed E-state index contributed by atoms with van der Waals surface area (Å²) >= 11 is 6.06. The van der Waals surface area contributed by atoms with Crippen LogP contribution in [0, 0.1) is 5.21 Å². The van der Waals surface area contributed by atoms with Crippen molar-refractivity contribution in [1.82, 2.24) is 15.0 Å². The van der Waals surface area contributed by atoms with Crippen molar-refractivity contribution in [2.45, 2.75) is 19.8 Å². The number of benzene rings is 2. The zero-order chi connectivity index (χ0) is 23.9. The fourth-order valence-electron chi connectivity index (χ4n) is 3.93. The minimum absolute atomic E-state index is 0.00518. The normalized spacial score (nSPS) is 17.3. The number of nitrogens with one attached hydrogen (secondary N) is 1. The highest BCUT2D eigenvalue weighted by Gasteiger charge is 2.36. The van der Waals surface area contributed by atoms with E-state index in [9.17, 15) is 10.3 Å². The number of aromatic nitrogens is 2. The number of phenolic OH excluding ortho intramolecular Hbond substituents is 1. The highest BCUT2D eigenvalue weighted by atomic mass is 35.5. The number of hydrogen-bond acceptors (Lipinski definition) is 7. The molecule has 1 aliphatic heterocycles. The van der Waals surface area contributed by atoms with Crippen LogP contribution in [0.2, 0.25) is 5.02 Å². The number of halogens is 1. The summed E-state index contributed by atoms with van der Waals surface area (Å²) in [5.74, 6) is -0.0224. The topological polar surface area (TPSA) is 126 Å². The maximum atomic E-state index is 13.0. The lowest BCUT2D eigenvalue weighted by atomic mass is 9.83. The second-order valence-electron chi connectivity index (χ2n) is 7.75. The van der Waals surface area contributed by atoms with E-state index in [0.717, 1.165) is 22.4 Å². The molecule has 0 amide bonds. The number of aromatic hydroxyl groups is 1. The molecule has 9 nitrogen and oxygen atoms in total. The van der Waals surface area contributed by atoms with Gasteiger partial charge in [0.1, 0.15) is 7.05 Å². The van der Waals surface area contributed by atoms with Crippen LogP contribution in [-0.4, -0.2) is 36.1 Å². The van der Waals surface area contributed by atoms with E-state index in [1.807, 2.05) is 19.1 Å². The van der Waals surface area contributed by atoms with Gasteiger partial charge in [0.15, 0.2) is 11.6 Å². The highest BCUT2D eigenvalue weighted by molar-refractivity contribution is 6.30. The molecule has 10 heteroatoms. The van der Waals surface area contributed by atoms with Crippen LogP contribution in [0.25, 0.3) is 11.3 Å². The molecule has 0 saturated heterocycles. The number of H-pyrrole nitrogens is 1. The quantitative estimate of drug-likeness (QED) is 0.355. The first kappa shape index (κ1) is 22.9. The first-order chi connectivity index (χ1) is 15.7. The minimum atomic E-state index is -1.26. The van der Waals surface area contributed by atoms with Gasteiger partial charge in [0.2, 0.25) is 17.3 Å². The van der Waals surface area contributed by atoms with E-state index in [0.29, 0.717) is 23.1 Å². The number of fused-ring (bicyclic) bond motifs is 1. The smallest absolute Gasteiger partial charge is 0.244 e. The third-order valence-electron chi connectivity index (χ3n) is 5.72. The molecule has 4 N–H and O–H groups in total. The van der Waals surface area contributed by atoms with Gasteiger partial charge in [-0.25, -0.2) is 4.84 Å². The van der Waals surface area contributed by atoms with Crippen molar-refractivity contribution in [1.29, 1.82) is 0 Å². The van der Waals surface area contributed by atoms with E-state index in [-0.39, 0.29) is 23.1 Å². The molecule has 0 aliphatic carbocycles. The summed E-state index contributed by atoms with van der Waals surface area (Å²) in [4.78, 5) is 3.80. The molecule has 2 unspecified atom stereocenters. The number of allylic oxidation sites excluding steroid dienone is 1. The van der Waals surface area contributed by atoms with Crippen LogP contribution in [0.5, 0.6) is 17.4 Å². The lowest BCUT2D eigenvalue weighted by Gasteiger charge is -2.34. The summed E-state index contributed by atoms with van der Waals surface area (Å²) in [6, 6.07) is 10.6. The zero-order valence-electron chi connectivity index (χ0n) is 18.7. The molecule has 0 saturated carbocycles. The molecular formula is C23H25ClN4O5. The Morgan fingerprint density at radius 2 is 2.00 bits per heavy atom. The molecule has 2 aromatic carbocycles. The molecule has 4 rings (SSSR count). The Labute approximate surface area is 196 Å². The van der Waals surface area contributed by atoms with Gasteiger partial charge in [-0.05, 0) is 43.2 Å². The monoisotopic (exact) mass is 472 g/mol. The fraction of sp³-hybridized carbons (Fsp3) is 0.261. The van der Waals surface area contributed by atoms with Crippen LogP contribution in [0.4, 0.5) is 5.69 Å². The maximum Gasteiger partial charge on any atom is 0.244 e. The van der Waals surface area contributed by atoms with Crippen LogP contribution in [0.1, 0.15) is 30.9 Å². The molecule has 1 aliphatic rings. The van der Waals surface area contributed by atoms with Gasteiger partial charge in [0.05, 0.1) is 25.0 Å². The number of nitrogens with two attached hydrogens (primary N) is 1. The van der Waals surface area contributed by atoms with Crippen LogP contribution in [0.15, 0.2) is 47.9 Å². The van der Waals surface area contributed by atoms with E-state index in [2.05, 4.69) is 10.2 Å². The predicted molar refractivity (Wildman–Crippen MR) is 126 cm³/mol. The van der Waals surface area contributed by atoms with Crippen molar-refractivity contribution in [2.24, 2.45) is 5.73 Å². The summed E-state index contributed by atoms with van der Waals surface area (Å²) in [5.41, 5.74) is 9.85. The summed E-state index contributed by atoms with van der Waals surface area (Å²) in [5, 5.41) is 31.6. The van der Waals surface area contributed by atoms with Crippen LogP contribution in [0.3, 0.4) is 0 Å². The number of aromatic amines is 1. The Hall–Kier alpha value is -3.24. The summed E-state index contributed by atoms with van der Waals surface area (Å²) in [7, 11) is 2.54. The van der Waals surface area contributed by atoms with Gasteiger partial charge in [0.25, 0.3) is 0 Å². The Balaban J connectivity index is 1.96. The largest absolute Gasteiger partial charge is 0.593 e. The van der Waals surface area contributed by atoms with Crippen molar-refractivity contribution < 1.29 is 19.4 Å². The molecule has 1 aromatic heterocycles. The average Bonchev–Trinajstić information content (AvgIpc) is 3.19. The molecule has 0 bridgehead atoms. The van der Waals surface area contributed by atoms with Gasteiger partial charge in [-0.2, -0.15) is 4.81 Å². The van der Waals surface area contributed by atoms with Crippen molar-refractivity contribution in [3.05, 3.63) is 69.2 Å². The van der Waals surface area contributed by atoms with Crippen molar-refractivity contribution in [3.8, 4) is 28.6 Å². The van der Waals surface area contributed by atoms with Gasteiger partial charge in [0, 0.05) is 22.6 Å². The maximum absolute atomic E-state index is 13.0. The number of ether oxygens (including phenoxy) is 2. The van der Waals surface area contributed by atoms with E-state index in [1.54, 1.807) is 31.2 Å². The van der Waals surface area contributed by atoms with Crippen LogP contribution < -0.4 is 20.0 Å². The molecular weight excluding hydrogens is 448 g/mol. The lowest BCUT2D eigenvalue weighted by molar-refractivity contribution is -0.0571. The number of quaternary nitrogens is 1. The van der Waals surface area contributed by atoms with Crippen LogP contribution >= 0.6 is 11.6 Å². The molecule has 2 heterocycles.